The molecule has 0 fully saturated rings. The van der Waals surface area contributed by atoms with Crippen molar-refractivity contribution in [3.63, 3.8) is 0 Å². The molecule has 0 aromatic heterocycles. The number of amides is 2. The number of hydrogen-bond donors (Lipinski definition) is 1. The van der Waals surface area contributed by atoms with Crippen LogP contribution in [-0.4, -0.2) is 40.1 Å². The Balaban J connectivity index is 1.35. The van der Waals surface area contributed by atoms with Crippen molar-refractivity contribution in [1.29, 1.82) is 0 Å². The SMILES string of the molecule is COc1ccc(C2=NN(C3=NC(=O)[C@H](CC(=O)Nc4cc(C)cc(C)c4)S3)[C@H](c3ccc(Cl)cc3)C2)cc1. The number of aryl methyl sites for hydroxylation is 2. The number of amidine groups is 1. The monoisotopic (exact) mass is 546 g/mol. The lowest BCUT2D eigenvalue weighted by atomic mass is 9.98. The molecule has 3 aromatic carbocycles. The van der Waals surface area contributed by atoms with E-state index < -0.39 is 5.25 Å². The number of benzene rings is 3. The van der Waals surface area contributed by atoms with Gasteiger partial charge in [0.05, 0.1) is 18.9 Å². The fourth-order valence-electron chi connectivity index (χ4n) is 4.62. The molecule has 0 saturated heterocycles. The molecular formula is C29H27ClN4O3S. The Morgan fingerprint density at radius 1 is 1.08 bits per heavy atom. The smallest absolute Gasteiger partial charge is 0.262 e. The predicted octanol–water partition coefficient (Wildman–Crippen LogP) is 6.14. The topological polar surface area (TPSA) is 83.4 Å². The normalized spacial score (nSPS) is 18.8. The number of hydrogen-bond acceptors (Lipinski definition) is 6. The highest BCUT2D eigenvalue weighted by atomic mass is 35.5. The molecule has 2 heterocycles. The minimum absolute atomic E-state index is 0.0258. The molecule has 2 atom stereocenters. The third-order valence-electron chi connectivity index (χ3n) is 6.39. The number of thioether (sulfide) groups is 1. The first kappa shape index (κ1) is 26.0. The number of halogens is 1. The van der Waals surface area contributed by atoms with Gasteiger partial charge in [-0.3, -0.25) is 9.59 Å². The fourth-order valence-corrected chi connectivity index (χ4v) is 5.81. The Hall–Kier alpha value is -3.62. The van der Waals surface area contributed by atoms with Gasteiger partial charge in [-0.2, -0.15) is 10.1 Å². The molecule has 9 heteroatoms. The largest absolute Gasteiger partial charge is 0.497 e. The van der Waals surface area contributed by atoms with Crippen molar-refractivity contribution in [3.8, 4) is 5.75 Å². The second-order valence-corrected chi connectivity index (χ2v) is 11.0. The predicted molar refractivity (Wildman–Crippen MR) is 153 cm³/mol. The van der Waals surface area contributed by atoms with Gasteiger partial charge in [0, 0.05) is 23.6 Å². The highest BCUT2D eigenvalue weighted by Gasteiger charge is 2.39. The van der Waals surface area contributed by atoms with Crippen LogP contribution in [0.15, 0.2) is 76.8 Å². The van der Waals surface area contributed by atoms with Crippen molar-refractivity contribution < 1.29 is 14.3 Å². The lowest BCUT2D eigenvalue weighted by Crippen LogP contribution is -2.25. The summed E-state index contributed by atoms with van der Waals surface area (Å²) in [6.07, 6.45) is 0.650. The maximum atomic E-state index is 12.9. The molecule has 2 aliphatic rings. The van der Waals surface area contributed by atoms with Gasteiger partial charge < -0.3 is 10.1 Å². The molecule has 0 spiro atoms. The number of ether oxygens (including phenoxy) is 1. The van der Waals surface area contributed by atoms with Crippen LogP contribution in [0.2, 0.25) is 5.02 Å². The molecule has 38 heavy (non-hydrogen) atoms. The van der Waals surface area contributed by atoms with Gasteiger partial charge >= 0.3 is 0 Å². The average molecular weight is 547 g/mol. The third kappa shape index (κ3) is 5.76. The molecular weight excluding hydrogens is 520 g/mol. The number of aliphatic imine (C=N–C) groups is 1. The summed E-state index contributed by atoms with van der Waals surface area (Å²) in [5.41, 5.74) is 5.69. The summed E-state index contributed by atoms with van der Waals surface area (Å²) in [6, 6.07) is 21.0. The van der Waals surface area contributed by atoms with E-state index in [0.717, 1.165) is 39.4 Å². The van der Waals surface area contributed by atoms with E-state index in [4.69, 9.17) is 21.4 Å². The Kier molecular flexibility index (Phi) is 7.53. The number of nitrogens with zero attached hydrogens (tertiary/aromatic N) is 3. The van der Waals surface area contributed by atoms with Crippen LogP contribution < -0.4 is 10.1 Å². The second kappa shape index (κ2) is 11.0. The molecule has 3 aromatic rings. The van der Waals surface area contributed by atoms with Crippen molar-refractivity contribution in [1.82, 2.24) is 5.01 Å². The van der Waals surface area contributed by atoms with Crippen LogP contribution in [0.1, 0.15) is 41.1 Å². The van der Waals surface area contributed by atoms with Crippen molar-refractivity contribution >= 4 is 51.7 Å². The minimum Gasteiger partial charge on any atom is -0.497 e. The van der Waals surface area contributed by atoms with Gasteiger partial charge in [0.2, 0.25) is 5.91 Å². The average Bonchev–Trinajstić information content (AvgIpc) is 3.48. The van der Waals surface area contributed by atoms with Gasteiger partial charge in [-0.1, -0.05) is 41.6 Å². The molecule has 0 unspecified atom stereocenters. The molecule has 0 saturated carbocycles. The molecule has 0 bridgehead atoms. The van der Waals surface area contributed by atoms with Crippen LogP contribution in [0.3, 0.4) is 0 Å². The van der Waals surface area contributed by atoms with E-state index in [1.807, 2.05) is 80.6 Å². The molecule has 2 amide bonds. The quantitative estimate of drug-likeness (QED) is 0.401. The molecule has 7 nitrogen and oxygen atoms in total. The molecule has 194 valence electrons. The summed E-state index contributed by atoms with van der Waals surface area (Å²) in [5, 5.41) is 10.1. The minimum atomic E-state index is -0.609. The lowest BCUT2D eigenvalue weighted by Gasteiger charge is -2.23. The zero-order chi connectivity index (χ0) is 26.8. The lowest BCUT2D eigenvalue weighted by molar-refractivity contribution is -0.121. The van der Waals surface area contributed by atoms with E-state index in [-0.39, 0.29) is 24.3 Å². The first-order valence-electron chi connectivity index (χ1n) is 12.2. The number of anilines is 1. The number of rotatable bonds is 6. The molecule has 5 rings (SSSR count). The summed E-state index contributed by atoms with van der Waals surface area (Å²) in [6.45, 7) is 3.96. The van der Waals surface area contributed by atoms with E-state index in [0.29, 0.717) is 16.6 Å². The van der Waals surface area contributed by atoms with Gasteiger partial charge in [-0.25, -0.2) is 5.01 Å². The first-order valence-corrected chi connectivity index (χ1v) is 13.5. The number of nitrogens with one attached hydrogen (secondary N) is 1. The number of carbonyl (C=O) groups excluding carboxylic acids is 2. The molecule has 2 aliphatic heterocycles. The van der Waals surface area contributed by atoms with Gasteiger partial charge in [0.15, 0.2) is 5.17 Å². The van der Waals surface area contributed by atoms with Crippen LogP contribution in [0, 0.1) is 13.8 Å². The number of hydrazone groups is 1. The maximum Gasteiger partial charge on any atom is 0.262 e. The van der Waals surface area contributed by atoms with Crippen LogP contribution in [-0.2, 0) is 9.59 Å². The van der Waals surface area contributed by atoms with Gasteiger partial charge in [0.25, 0.3) is 5.91 Å². The highest BCUT2D eigenvalue weighted by Crippen LogP contribution is 2.39. The van der Waals surface area contributed by atoms with Crippen LogP contribution >= 0.6 is 23.4 Å². The van der Waals surface area contributed by atoms with E-state index in [9.17, 15) is 9.59 Å². The third-order valence-corrected chi connectivity index (χ3v) is 7.78. The van der Waals surface area contributed by atoms with Crippen molar-refractivity contribution in [2.45, 2.75) is 38.0 Å². The Bertz CT molecular complexity index is 1420. The van der Waals surface area contributed by atoms with Crippen LogP contribution in [0.5, 0.6) is 5.75 Å². The molecule has 1 N–H and O–H groups in total. The van der Waals surface area contributed by atoms with Crippen molar-refractivity contribution in [3.05, 3.63) is 94.0 Å². The standard InChI is InChI=1S/C29H27ClN4O3S/c1-17-12-18(2)14-22(13-17)31-27(35)16-26-28(36)32-29(38-26)34-25(20-4-8-21(30)9-5-20)15-24(33-34)19-6-10-23(37-3)11-7-19/h4-14,25-26H,15-16H2,1-3H3,(H,31,35)/t25-,26-/m0/s1. The van der Waals surface area contributed by atoms with Crippen LogP contribution in [0.4, 0.5) is 5.69 Å². The van der Waals surface area contributed by atoms with E-state index in [1.54, 1.807) is 12.1 Å². The summed E-state index contributed by atoms with van der Waals surface area (Å²) < 4.78 is 5.28. The molecule has 0 aliphatic carbocycles. The summed E-state index contributed by atoms with van der Waals surface area (Å²) in [4.78, 5) is 30.0. The second-order valence-electron chi connectivity index (χ2n) is 9.36. The van der Waals surface area contributed by atoms with E-state index in [1.165, 1.54) is 11.8 Å². The molecule has 0 radical (unpaired) electrons. The summed E-state index contributed by atoms with van der Waals surface area (Å²) in [5.74, 6) is 0.209. The number of methoxy groups -OCH3 is 1. The van der Waals surface area contributed by atoms with Crippen molar-refractivity contribution in [2.24, 2.45) is 10.1 Å². The van der Waals surface area contributed by atoms with E-state index >= 15 is 0 Å². The zero-order valence-corrected chi connectivity index (χ0v) is 22.8. The maximum absolute atomic E-state index is 12.9. The van der Waals surface area contributed by atoms with Crippen molar-refractivity contribution in [2.75, 3.05) is 12.4 Å². The Morgan fingerprint density at radius 2 is 1.76 bits per heavy atom. The highest BCUT2D eigenvalue weighted by molar-refractivity contribution is 8.15. The Morgan fingerprint density at radius 3 is 2.42 bits per heavy atom. The van der Waals surface area contributed by atoms with Gasteiger partial charge in [-0.15, -0.1) is 0 Å². The van der Waals surface area contributed by atoms with Gasteiger partial charge in [0.1, 0.15) is 11.0 Å². The van der Waals surface area contributed by atoms with Crippen LogP contribution in [0.25, 0.3) is 0 Å². The first-order chi connectivity index (χ1) is 18.3. The fraction of sp³-hybridized carbons (Fsp3) is 0.241. The van der Waals surface area contributed by atoms with E-state index in [2.05, 4.69) is 10.3 Å². The summed E-state index contributed by atoms with van der Waals surface area (Å²) >= 11 is 7.41. The summed E-state index contributed by atoms with van der Waals surface area (Å²) in [7, 11) is 1.63. The number of carbonyl (C=O) groups is 2. The van der Waals surface area contributed by atoms with Gasteiger partial charge in [-0.05, 0) is 84.6 Å². The Labute approximate surface area is 230 Å². The zero-order valence-electron chi connectivity index (χ0n) is 21.3.